The first kappa shape index (κ1) is 24.5. The van der Waals surface area contributed by atoms with Gasteiger partial charge in [0.1, 0.15) is 11.9 Å². The summed E-state index contributed by atoms with van der Waals surface area (Å²) in [6.45, 7) is 3.47. The van der Waals surface area contributed by atoms with Crippen molar-refractivity contribution in [1.29, 1.82) is 0 Å². The van der Waals surface area contributed by atoms with E-state index in [-0.39, 0.29) is 12.5 Å². The van der Waals surface area contributed by atoms with Crippen LogP contribution in [-0.4, -0.2) is 55.3 Å². The van der Waals surface area contributed by atoms with E-state index in [1.807, 2.05) is 31.2 Å². The maximum Gasteiger partial charge on any atom is 0.242 e. The van der Waals surface area contributed by atoms with Crippen LogP contribution in [0, 0.1) is 12.7 Å². The van der Waals surface area contributed by atoms with Crippen molar-refractivity contribution in [2.24, 2.45) is 0 Å². The normalized spacial score (nSPS) is 12.5. The van der Waals surface area contributed by atoms with Gasteiger partial charge in [-0.05, 0) is 37.1 Å². The summed E-state index contributed by atoms with van der Waals surface area (Å²) in [5.74, 6) is -1.32. The lowest BCUT2D eigenvalue weighted by molar-refractivity contribution is -0.140. The topological polar surface area (TPSA) is 86.8 Å². The number of halogens is 1. The van der Waals surface area contributed by atoms with Gasteiger partial charge in [-0.1, -0.05) is 42.0 Å². The molecule has 0 aromatic heterocycles. The standard InChI is InChI=1S/C22H28FN3O4S/c1-16-5-7-18(8-6-16)13-24-22(28)17(2)26(14-19-9-11-20(23)12-10-19)21(27)15-25(3)31(4,29)30/h5-12,17H,13-15H2,1-4H3,(H,24,28). The van der Waals surface area contributed by atoms with E-state index in [9.17, 15) is 22.4 Å². The SMILES string of the molecule is Cc1ccc(CNC(=O)C(C)N(Cc2ccc(F)cc2)C(=O)CN(C)S(C)(=O)=O)cc1. The molecule has 0 radical (unpaired) electrons. The van der Waals surface area contributed by atoms with E-state index < -0.39 is 34.3 Å². The summed E-state index contributed by atoms with van der Waals surface area (Å²) in [6.07, 6.45) is 1.00. The number of aryl methyl sites for hydroxylation is 1. The van der Waals surface area contributed by atoms with Gasteiger partial charge in [-0.25, -0.2) is 12.8 Å². The molecule has 0 saturated heterocycles. The van der Waals surface area contributed by atoms with Gasteiger partial charge in [-0.15, -0.1) is 0 Å². The molecule has 0 aliphatic carbocycles. The van der Waals surface area contributed by atoms with E-state index in [1.54, 1.807) is 6.92 Å². The van der Waals surface area contributed by atoms with Crippen LogP contribution >= 0.6 is 0 Å². The molecule has 168 valence electrons. The van der Waals surface area contributed by atoms with Crippen LogP contribution < -0.4 is 5.32 Å². The Morgan fingerprint density at radius 1 is 1.03 bits per heavy atom. The summed E-state index contributed by atoms with van der Waals surface area (Å²) in [7, 11) is -2.27. The maximum absolute atomic E-state index is 13.2. The first-order valence-corrected chi connectivity index (χ1v) is 11.6. The number of amides is 2. The second-order valence-electron chi connectivity index (χ2n) is 7.55. The molecule has 1 atom stereocenters. The van der Waals surface area contributed by atoms with Crippen LogP contribution in [0.3, 0.4) is 0 Å². The Morgan fingerprint density at radius 2 is 1.58 bits per heavy atom. The summed E-state index contributed by atoms with van der Waals surface area (Å²) in [5, 5.41) is 2.81. The molecule has 2 amide bonds. The van der Waals surface area contributed by atoms with Gasteiger partial charge in [0.05, 0.1) is 12.8 Å². The molecule has 0 saturated carbocycles. The molecule has 2 aromatic rings. The maximum atomic E-state index is 13.2. The Labute approximate surface area is 182 Å². The van der Waals surface area contributed by atoms with Crippen molar-refractivity contribution in [3.05, 3.63) is 71.0 Å². The Bertz CT molecular complexity index is 1010. The van der Waals surface area contributed by atoms with Crippen molar-refractivity contribution in [1.82, 2.24) is 14.5 Å². The fourth-order valence-electron chi connectivity index (χ4n) is 2.81. The molecule has 1 N–H and O–H groups in total. The van der Waals surface area contributed by atoms with Gasteiger partial charge in [0.2, 0.25) is 21.8 Å². The molecular weight excluding hydrogens is 421 g/mol. The lowest BCUT2D eigenvalue weighted by Gasteiger charge is -2.30. The van der Waals surface area contributed by atoms with Crippen LogP contribution in [0.25, 0.3) is 0 Å². The number of carbonyl (C=O) groups excluding carboxylic acids is 2. The number of sulfonamides is 1. The number of carbonyl (C=O) groups is 2. The van der Waals surface area contributed by atoms with E-state index in [0.29, 0.717) is 12.1 Å². The van der Waals surface area contributed by atoms with E-state index in [0.717, 1.165) is 21.7 Å². The highest BCUT2D eigenvalue weighted by Gasteiger charge is 2.28. The summed E-state index contributed by atoms with van der Waals surface area (Å²) >= 11 is 0. The molecule has 7 nitrogen and oxygen atoms in total. The van der Waals surface area contributed by atoms with Crippen LogP contribution in [0.2, 0.25) is 0 Å². The van der Waals surface area contributed by atoms with Crippen molar-refractivity contribution in [2.75, 3.05) is 19.8 Å². The third-order valence-electron chi connectivity index (χ3n) is 4.94. The molecule has 0 heterocycles. The number of rotatable bonds is 9. The number of benzene rings is 2. The quantitative estimate of drug-likeness (QED) is 0.635. The summed E-state index contributed by atoms with van der Waals surface area (Å²) < 4.78 is 37.6. The van der Waals surface area contributed by atoms with E-state index in [2.05, 4.69) is 5.32 Å². The summed E-state index contributed by atoms with van der Waals surface area (Å²) in [5.41, 5.74) is 2.64. The first-order chi connectivity index (χ1) is 14.5. The second kappa shape index (κ2) is 10.5. The zero-order chi connectivity index (χ0) is 23.2. The predicted molar refractivity (Wildman–Crippen MR) is 117 cm³/mol. The molecule has 9 heteroatoms. The van der Waals surface area contributed by atoms with Crippen LogP contribution in [0.4, 0.5) is 4.39 Å². The fraction of sp³-hybridized carbons (Fsp3) is 0.364. The van der Waals surface area contributed by atoms with Crippen LogP contribution in [-0.2, 0) is 32.7 Å². The Hall–Kier alpha value is -2.78. The fourth-order valence-corrected chi connectivity index (χ4v) is 3.16. The molecule has 2 aromatic carbocycles. The highest BCUT2D eigenvalue weighted by molar-refractivity contribution is 7.88. The molecule has 0 aliphatic heterocycles. The smallest absolute Gasteiger partial charge is 0.242 e. The monoisotopic (exact) mass is 449 g/mol. The lowest BCUT2D eigenvalue weighted by atomic mass is 10.1. The first-order valence-electron chi connectivity index (χ1n) is 9.76. The van der Waals surface area contributed by atoms with Gasteiger partial charge in [-0.3, -0.25) is 9.59 Å². The van der Waals surface area contributed by atoms with Gasteiger partial charge in [-0.2, -0.15) is 4.31 Å². The van der Waals surface area contributed by atoms with Gasteiger partial charge < -0.3 is 10.2 Å². The Balaban J connectivity index is 2.16. The van der Waals surface area contributed by atoms with Gasteiger partial charge in [0, 0.05) is 20.1 Å². The summed E-state index contributed by atoms with van der Waals surface area (Å²) in [4.78, 5) is 26.9. The number of nitrogens with one attached hydrogen (secondary N) is 1. The molecule has 0 aliphatic rings. The number of nitrogens with zero attached hydrogens (tertiary/aromatic N) is 2. The minimum absolute atomic E-state index is 0.0375. The van der Waals surface area contributed by atoms with E-state index in [4.69, 9.17) is 0 Å². The van der Waals surface area contributed by atoms with Crippen LogP contribution in [0.1, 0.15) is 23.6 Å². The number of likely N-dealkylation sites (N-methyl/N-ethyl adjacent to an activating group) is 1. The number of hydrogen-bond donors (Lipinski definition) is 1. The van der Waals surface area contributed by atoms with Crippen molar-refractivity contribution in [3.8, 4) is 0 Å². The average Bonchev–Trinajstić information content (AvgIpc) is 2.71. The van der Waals surface area contributed by atoms with Crippen molar-refractivity contribution >= 4 is 21.8 Å². The lowest BCUT2D eigenvalue weighted by Crippen LogP contribution is -2.50. The molecule has 0 bridgehead atoms. The largest absolute Gasteiger partial charge is 0.350 e. The second-order valence-corrected chi connectivity index (χ2v) is 9.64. The molecule has 0 spiro atoms. The van der Waals surface area contributed by atoms with Crippen molar-refractivity contribution in [2.45, 2.75) is 33.0 Å². The third kappa shape index (κ3) is 7.45. The van der Waals surface area contributed by atoms with Gasteiger partial charge >= 0.3 is 0 Å². The Morgan fingerprint density at radius 3 is 2.13 bits per heavy atom. The van der Waals surface area contributed by atoms with Crippen LogP contribution in [0.5, 0.6) is 0 Å². The van der Waals surface area contributed by atoms with Gasteiger partial charge in [0.25, 0.3) is 0 Å². The highest BCUT2D eigenvalue weighted by atomic mass is 32.2. The molecule has 1 unspecified atom stereocenters. The minimum atomic E-state index is -3.57. The molecule has 31 heavy (non-hydrogen) atoms. The average molecular weight is 450 g/mol. The zero-order valence-electron chi connectivity index (χ0n) is 18.1. The van der Waals surface area contributed by atoms with Crippen LogP contribution in [0.15, 0.2) is 48.5 Å². The summed E-state index contributed by atoms with van der Waals surface area (Å²) in [6, 6.07) is 12.4. The van der Waals surface area contributed by atoms with E-state index in [1.165, 1.54) is 36.2 Å². The number of hydrogen-bond acceptors (Lipinski definition) is 4. The highest BCUT2D eigenvalue weighted by Crippen LogP contribution is 2.12. The van der Waals surface area contributed by atoms with Gasteiger partial charge in [0.15, 0.2) is 0 Å². The van der Waals surface area contributed by atoms with E-state index >= 15 is 0 Å². The van der Waals surface area contributed by atoms with Crippen molar-refractivity contribution < 1.29 is 22.4 Å². The zero-order valence-corrected chi connectivity index (χ0v) is 18.9. The molecular formula is C22H28FN3O4S. The molecule has 2 rings (SSSR count). The Kier molecular flexibility index (Phi) is 8.29. The predicted octanol–water partition coefficient (Wildman–Crippen LogP) is 2.06. The molecule has 0 fully saturated rings. The minimum Gasteiger partial charge on any atom is -0.350 e. The third-order valence-corrected chi connectivity index (χ3v) is 6.21. The van der Waals surface area contributed by atoms with Crippen molar-refractivity contribution in [3.63, 3.8) is 0 Å².